The van der Waals surface area contributed by atoms with E-state index in [1.54, 1.807) is 18.2 Å². The van der Waals surface area contributed by atoms with Crippen molar-refractivity contribution in [3.63, 3.8) is 0 Å². The van der Waals surface area contributed by atoms with Crippen LogP contribution in [0.2, 0.25) is 0 Å². The maximum absolute atomic E-state index is 13.1. The van der Waals surface area contributed by atoms with Crippen LogP contribution in [0, 0.1) is 0 Å². The van der Waals surface area contributed by atoms with Gasteiger partial charge in [0.2, 0.25) is 0 Å². The Labute approximate surface area is 161 Å². The standard InChI is InChI=1S/C17H22BrF3N2O2S/c1-24-14-9-12(18)5-6-13(14)16-22-15(17(19,20)21)10-23(16)11-25-7-8-26(2,3)4/h5-6,9-10H,7-8,11H2,1-4H3. The Balaban J connectivity index is 2.34. The molecular weight excluding hydrogens is 433 g/mol. The highest BCUT2D eigenvalue weighted by molar-refractivity contribution is 9.10. The summed E-state index contributed by atoms with van der Waals surface area (Å²) >= 11 is 3.33. The van der Waals surface area contributed by atoms with Crippen molar-refractivity contribution in [2.75, 3.05) is 38.2 Å². The first-order chi connectivity index (χ1) is 12.0. The topological polar surface area (TPSA) is 36.3 Å². The molecule has 146 valence electrons. The highest BCUT2D eigenvalue weighted by Crippen LogP contribution is 2.36. The first-order valence-electron chi connectivity index (χ1n) is 7.73. The molecule has 0 radical (unpaired) electrons. The number of alkyl halides is 3. The fourth-order valence-corrected chi connectivity index (χ4v) is 3.15. The van der Waals surface area contributed by atoms with Crippen LogP contribution in [0.15, 0.2) is 28.9 Å². The van der Waals surface area contributed by atoms with E-state index in [0.717, 1.165) is 16.4 Å². The second-order valence-electron chi connectivity index (χ2n) is 6.59. The summed E-state index contributed by atoms with van der Waals surface area (Å²) in [5, 5.41) is 0. The zero-order chi connectivity index (χ0) is 19.5. The van der Waals surface area contributed by atoms with Crippen molar-refractivity contribution in [3.8, 4) is 17.1 Å². The third-order valence-corrected chi connectivity index (χ3v) is 5.43. The summed E-state index contributed by atoms with van der Waals surface area (Å²) < 4.78 is 52.4. The maximum Gasteiger partial charge on any atom is 0.434 e. The van der Waals surface area contributed by atoms with E-state index in [-0.39, 0.29) is 12.6 Å². The van der Waals surface area contributed by atoms with Gasteiger partial charge in [-0.05, 0) is 37.0 Å². The number of aromatic nitrogens is 2. The van der Waals surface area contributed by atoms with Crippen molar-refractivity contribution in [2.24, 2.45) is 0 Å². The molecule has 2 aromatic rings. The molecule has 1 aromatic heterocycles. The Morgan fingerprint density at radius 1 is 1.23 bits per heavy atom. The van der Waals surface area contributed by atoms with Crippen LogP contribution in [0.5, 0.6) is 5.75 Å². The Morgan fingerprint density at radius 2 is 1.92 bits per heavy atom. The lowest BCUT2D eigenvalue weighted by Crippen LogP contribution is -2.10. The summed E-state index contributed by atoms with van der Waals surface area (Å²) in [6, 6.07) is 5.08. The monoisotopic (exact) mass is 454 g/mol. The summed E-state index contributed by atoms with van der Waals surface area (Å²) in [6.07, 6.45) is 2.92. The quantitative estimate of drug-likeness (QED) is 0.551. The van der Waals surface area contributed by atoms with Gasteiger partial charge in [-0.15, -0.1) is 0 Å². The molecule has 0 aliphatic heterocycles. The van der Waals surface area contributed by atoms with Gasteiger partial charge in [-0.25, -0.2) is 15.0 Å². The minimum atomic E-state index is -4.53. The first-order valence-corrected chi connectivity index (χ1v) is 11.6. The predicted octanol–water partition coefficient (Wildman–Crippen LogP) is 5.01. The Hall–Kier alpha value is -1.19. The van der Waals surface area contributed by atoms with Crippen LogP contribution in [0.4, 0.5) is 13.2 Å². The van der Waals surface area contributed by atoms with E-state index >= 15 is 0 Å². The van der Waals surface area contributed by atoms with Crippen molar-refractivity contribution in [1.29, 1.82) is 0 Å². The van der Waals surface area contributed by atoms with Crippen LogP contribution in [-0.2, 0) is 17.6 Å². The van der Waals surface area contributed by atoms with Crippen molar-refractivity contribution < 1.29 is 22.6 Å². The van der Waals surface area contributed by atoms with Gasteiger partial charge in [-0.2, -0.15) is 13.2 Å². The largest absolute Gasteiger partial charge is 0.496 e. The lowest BCUT2D eigenvalue weighted by atomic mass is 10.2. The van der Waals surface area contributed by atoms with Crippen molar-refractivity contribution in [1.82, 2.24) is 9.55 Å². The molecule has 2 rings (SSSR count). The first kappa shape index (κ1) is 21.1. The molecule has 26 heavy (non-hydrogen) atoms. The summed E-state index contributed by atoms with van der Waals surface area (Å²) in [5.74, 6) is 1.47. The molecule has 0 saturated heterocycles. The second kappa shape index (κ2) is 8.22. The van der Waals surface area contributed by atoms with Crippen LogP contribution in [0.1, 0.15) is 5.69 Å². The summed E-state index contributed by atoms with van der Waals surface area (Å²) in [5.41, 5.74) is -0.487. The summed E-state index contributed by atoms with van der Waals surface area (Å²) in [4.78, 5) is 3.79. The molecule has 1 heterocycles. The molecule has 0 atom stereocenters. The number of imidazole rings is 1. The molecule has 0 amide bonds. The van der Waals surface area contributed by atoms with Crippen molar-refractivity contribution in [2.45, 2.75) is 12.9 Å². The van der Waals surface area contributed by atoms with Gasteiger partial charge < -0.3 is 14.0 Å². The molecule has 0 bridgehead atoms. The van der Waals surface area contributed by atoms with E-state index in [4.69, 9.17) is 9.47 Å². The zero-order valence-electron chi connectivity index (χ0n) is 15.1. The van der Waals surface area contributed by atoms with Gasteiger partial charge in [0.25, 0.3) is 0 Å². The van der Waals surface area contributed by atoms with E-state index in [1.807, 2.05) is 0 Å². The molecule has 1 aromatic carbocycles. The number of halogens is 4. The molecule has 9 heteroatoms. The van der Waals surface area contributed by atoms with Gasteiger partial charge in [0, 0.05) is 16.4 Å². The van der Waals surface area contributed by atoms with Gasteiger partial charge in [-0.3, -0.25) is 0 Å². The third kappa shape index (κ3) is 5.65. The van der Waals surface area contributed by atoms with E-state index in [0.29, 0.717) is 17.9 Å². The molecule has 0 fully saturated rings. The van der Waals surface area contributed by atoms with E-state index in [9.17, 15) is 13.2 Å². The number of methoxy groups -OCH3 is 1. The number of rotatable bonds is 7. The molecule has 0 N–H and O–H groups in total. The van der Waals surface area contributed by atoms with Gasteiger partial charge in [-0.1, -0.05) is 15.9 Å². The van der Waals surface area contributed by atoms with Gasteiger partial charge in [0.1, 0.15) is 18.3 Å². The lowest BCUT2D eigenvalue weighted by Gasteiger charge is -2.24. The normalized spacial score (nSPS) is 13.1. The number of hydrogen-bond donors (Lipinski definition) is 0. The molecule has 0 saturated carbocycles. The number of benzene rings is 1. The third-order valence-electron chi connectivity index (χ3n) is 3.54. The maximum atomic E-state index is 13.1. The molecule has 0 aliphatic rings. The summed E-state index contributed by atoms with van der Waals surface area (Å²) in [6.45, 7) is 0.475. The Kier molecular flexibility index (Phi) is 6.68. The smallest absolute Gasteiger partial charge is 0.434 e. The Morgan fingerprint density at radius 3 is 2.50 bits per heavy atom. The van der Waals surface area contributed by atoms with Crippen LogP contribution < -0.4 is 4.74 Å². The average molecular weight is 455 g/mol. The highest BCUT2D eigenvalue weighted by atomic mass is 79.9. The fraction of sp³-hybridized carbons (Fsp3) is 0.471. The molecule has 0 spiro atoms. The molecule has 0 unspecified atom stereocenters. The van der Waals surface area contributed by atoms with Crippen LogP contribution in [-0.4, -0.2) is 47.8 Å². The van der Waals surface area contributed by atoms with Crippen LogP contribution in [0.25, 0.3) is 11.4 Å². The van der Waals surface area contributed by atoms with Gasteiger partial charge >= 0.3 is 6.18 Å². The number of nitrogens with zero attached hydrogens (tertiary/aromatic N) is 2. The van der Waals surface area contributed by atoms with Crippen LogP contribution in [0.3, 0.4) is 0 Å². The number of ether oxygens (including phenoxy) is 2. The molecule has 0 aliphatic carbocycles. The SMILES string of the molecule is COc1cc(Br)ccc1-c1nc(C(F)(F)F)cn1COCCS(C)(C)C. The van der Waals surface area contributed by atoms with Crippen molar-refractivity contribution >= 4 is 26.0 Å². The molecular formula is C17H22BrF3N2O2S. The number of hydrogen-bond acceptors (Lipinski definition) is 3. The van der Waals surface area contributed by atoms with E-state index < -0.39 is 21.9 Å². The van der Waals surface area contributed by atoms with Crippen molar-refractivity contribution in [3.05, 3.63) is 34.6 Å². The van der Waals surface area contributed by atoms with Gasteiger partial charge in [0.15, 0.2) is 5.69 Å². The minimum absolute atomic E-state index is 0.00679. The second-order valence-corrected chi connectivity index (χ2v) is 12.1. The summed E-state index contributed by atoms with van der Waals surface area (Å²) in [7, 11) is 0.735. The molecule has 4 nitrogen and oxygen atoms in total. The van der Waals surface area contributed by atoms with Crippen LogP contribution >= 0.6 is 26.0 Å². The average Bonchev–Trinajstić information content (AvgIpc) is 2.94. The van der Waals surface area contributed by atoms with Gasteiger partial charge in [0.05, 0.1) is 19.3 Å². The van der Waals surface area contributed by atoms with E-state index in [1.165, 1.54) is 11.7 Å². The zero-order valence-corrected chi connectivity index (χ0v) is 17.5. The highest BCUT2D eigenvalue weighted by Gasteiger charge is 2.35. The van der Waals surface area contributed by atoms with E-state index in [2.05, 4.69) is 39.7 Å². The lowest BCUT2D eigenvalue weighted by molar-refractivity contribution is -0.141. The fourth-order valence-electron chi connectivity index (χ4n) is 2.19. The Bertz CT molecular complexity index is 757. The minimum Gasteiger partial charge on any atom is -0.496 e. The predicted molar refractivity (Wildman–Crippen MR) is 103 cm³/mol.